The smallest absolute Gasteiger partial charge is 0.246 e. The molecule has 5 nitrogen and oxygen atoms in total. The number of nitrogens with one attached hydrogen (secondary N) is 2. The quantitative estimate of drug-likeness (QED) is 0.725. The number of hydrogen-bond donors (Lipinski definition) is 2. The summed E-state index contributed by atoms with van der Waals surface area (Å²) in [5.74, 6) is 0. The zero-order chi connectivity index (χ0) is 10.2. The topological polar surface area (TPSA) is 86.3 Å². The minimum Gasteiger partial charge on any atom is -0.381 e. The van der Waals surface area contributed by atoms with E-state index in [-0.39, 0.29) is 4.90 Å². The monoisotopic (exact) mass is 214 g/mol. The highest BCUT2D eigenvalue weighted by atomic mass is 32.2. The van der Waals surface area contributed by atoms with Crippen LogP contribution in [0.2, 0.25) is 0 Å². The van der Waals surface area contributed by atoms with Gasteiger partial charge < -0.3 is 5.32 Å². The minimum atomic E-state index is -3.65. The van der Waals surface area contributed by atoms with Crippen molar-refractivity contribution in [2.24, 2.45) is 5.14 Å². The second-order valence-corrected chi connectivity index (χ2v) is 4.92. The minimum absolute atomic E-state index is 0.118. The molecular weight excluding hydrogens is 202 g/mol. The van der Waals surface area contributed by atoms with Crippen LogP contribution in [0.4, 0.5) is 5.69 Å². The van der Waals surface area contributed by atoms with Crippen molar-refractivity contribution in [1.29, 1.82) is 0 Å². The Labute approximate surface area is 82.4 Å². The highest BCUT2D eigenvalue weighted by Crippen LogP contribution is 2.27. The molecule has 1 aliphatic rings. The summed E-state index contributed by atoms with van der Waals surface area (Å²) in [5.41, 5.74) is 0.578. The van der Waals surface area contributed by atoms with Gasteiger partial charge in [-0.1, -0.05) is 0 Å². The van der Waals surface area contributed by atoms with Gasteiger partial charge in [0, 0.05) is 12.1 Å². The Balaban J connectivity index is 2.37. The molecule has 1 aromatic heterocycles. The molecule has 14 heavy (non-hydrogen) atoms. The fraction of sp³-hybridized carbons (Fsp3) is 0.375. The van der Waals surface area contributed by atoms with Gasteiger partial charge in [-0.25, -0.2) is 18.5 Å². The van der Waals surface area contributed by atoms with Crippen LogP contribution in [-0.2, 0) is 10.0 Å². The first kappa shape index (κ1) is 9.42. The van der Waals surface area contributed by atoms with E-state index in [9.17, 15) is 8.42 Å². The Morgan fingerprint density at radius 3 is 2.79 bits per heavy atom. The number of anilines is 1. The van der Waals surface area contributed by atoms with E-state index in [0.29, 0.717) is 11.7 Å². The summed E-state index contributed by atoms with van der Waals surface area (Å²) >= 11 is 0. The normalized spacial score (nSPS) is 16.6. The lowest BCUT2D eigenvalue weighted by Crippen LogP contribution is -2.18. The van der Waals surface area contributed by atoms with Crippen molar-refractivity contribution in [3.63, 3.8) is 0 Å². The van der Waals surface area contributed by atoms with Crippen LogP contribution in [0.1, 0.15) is 12.8 Å². The molecule has 0 radical (unpaired) electrons. The van der Waals surface area contributed by atoms with Crippen LogP contribution >= 0.6 is 0 Å². The molecule has 76 valence electrons. The zero-order valence-electron chi connectivity index (χ0n) is 7.53. The molecule has 4 N–H and O–H groups in total. The maximum absolute atomic E-state index is 11.2. The van der Waals surface area contributed by atoms with Crippen LogP contribution in [0, 0.1) is 0 Å². The fourth-order valence-electron chi connectivity index (χ4n) is 1.22. The highest BCUT2D eigenvalue weighted by molar-refractivity contribution is 7.89. The summed E-state index contributed by atoms with van der Waals surface area (Å²) < 4.78 is 22.3. The van der Waals surface area contributed by atoms with Gasteiger partial charge in [-0.3, -0.25) is 0 Å². The van der Waals surface area contributed by atoms with Gasteiger partial charge >= 0.3 is 0 Å². The van der Waals surface area contributed by atoms with Crippen LogP contribution in [0.3, 0.4) is 0 Å². The Hall–Kier alpha value is -1.14. The average Bonchev–Trinajstić information content (AvgIpc) is 2.87. The van der Waals surface area contributed by atoms with Crippen molar-refractivity contribution in [3.05, 3.63) is 18.5 Å². The Bertz CT molecular complexity index is 440. The zero-order valence-corrected chi connectivity index (χ0v) is 8.34. The molecule has 0 unspecified atom stereocenters. The summed E-state index contributed by atoms with van der Waals surface area (Å²) in [7, 11) is -3.65. The largest absolute Gasteiger partial charge is 0.381 e. The summed E-state index contributed by atoms with van der Waals surface area (Å²) in [6, 6.07) is 2.08. The predicted molar refractivity (Wildman–Crippen MR) is 51.0 cm³/mol. The van der Waals surface area contributed by atoms with E-state index in [1.54, 1.807) is 12.3 Å². The van der Waals surface area contributed by atoms with Crippen LogP contribution in [-0.4, -0.2) is 14.5 Å². The maximum Gasteiger partial charge on any atom is 0.246 e. The summed E-state index contributed by atoms with van der Waals surface area (Å²) in [4.78, 5) is 2.82. The lowest BCUT2D eigenvalue weighted by Gasteiger charge is -2.05. The lowest BCUT2D eigenvalue weighted by atomic mass is 10.4. The number of primary sulfonamides is 1. The highest BCUT2D eigenvalue weighted by Gasteiger charge is 2.25. The number of pyridine rings is 1. The van der Waals surface area contributed by atoms with E-state index in [2.05, 4.69) is 10.3 Å². The number of H-pyrrole nitrogens is 1. The molecule has 6 heteroatoms. The number of aromatic nitrogens is 1. The number of hydrogen-bond acceptors (Lipinski definition) is 3. The van der Waals surface area contributed by atoms with Crippen LogP contribution in [0.25, 0.3) is 0 Å². The van der Waals surface area contributed by atoms with Crippen LogP contribution in [0.15, 0.2) is 23.4 Å². The van der Waals surface area contributed by atoms with E-state index < -0.39 is 10.0 Å². The second-order valence-electron chi connectivity index (χ2n) is 3.39. The first-order valence-corrected chi connectivity index (χ1v) is 5.91. The summed E-state index contributed by atoms with van der Waals surface area (Å²) in [6.45, 7) is 0. The van der Waals surface area contributed by atoms with Crippen molar-refractivity contribution in [2.75, 3.05) is 5.32 Å². The molecular formula is C8H12N3O2S+. The third-order valence-corrected chi connectivity index (χ3v) is 3.02. The van der Waals surface area contributed by atoms with Gasteiger partial charge in [0.2, 0.25) is 10.0 Å². The number of nitrogens with two attached hydrogens (primary N) is 1. The van der Waals surface area contributed by atoms with Gasteiger partial charge in [0.1, 0.15) is 0 Å². The van der Waals surface area contributed by atoms with Crippen molar-refractivity contribution >= 4 is 15.7 Å². The first-order valence-electron chi connectivity index (χ1n) is 4.37. The molecule has 0 aromatic carbocycles. The lowest BCUT2D eigenvalue weighted by molar-refractivity contribution is -0.380. The molecule has 0 spiro atoms. The summed E-state index contributed by atoms with van der Waals surface area (Å²) in [6.07, 6.45) is 5.23. The van der Waals surface area contributed by atoms with E-state index in [4.69, 9.17) is 5.14 Å². The molecule has 1 aromatic rings. The van der Waals surface area contributed by atoms with Crippen LogP contribution in [0.5, 0.6) is 0 Å². The van der Waals surface area contributed by atoms with Gasteiger partial charge in [-0.05, 0) is 12.8 Å². The molecule has 0 bridgehead atoms. The molecule has 1 saturated carbocycles. The Morgan fingerprint density at radius 2 is 2.21 bits per heavy atom. The number of sulfonamides is 1. The van der Waals surface area contributed by atoms with E-state index >= 15 is 0 Å². The summed E-state index contributed by atoms with van der Waals surface area (Å²) in [5, 5.41) is 8.18. The standard InChI is InChI=1S/C8H11N3O2S/c9-14(12,13)8-5-10-4-3-7(8)11-6-1-2-6/h3-6H,1-2H2,(H,10,11)(H2,9,12,13)/p+1. The average molecular weight is 214 g/mol. The first-order chi connectivity index (χ1) is 6.57. The third-order valence-electron chi connectivity index (χ3n) is 2.07. The Kier molecular flexibility index (Phi) is 2.16. The fourth-order valence-corrected chi connectivity index (χ4v) is 1.88. The van der Waals surface area contributed by atoms with Gasteiger partial charge in [0.05, 0.1) is 5.69 Å². The van der Waals surface area contributed by atoms with Crippen molar-refractivity contribution in [1.82, 2.24) is 0 Å². The molecule has 1 fully saturated rings. The molecule has 1 heterocycles. The van der Waals surface area contributed by atoms with Crippen molar-refractivity contribution in [2.45, 2.75) is 23.8 Å². The van der Waals surface area contributed by atoms with E-state index in [1.165, 1.54) is 6.20 Å². The maximum atomic E-state index is 11.2. The van der Waals surface area contributed by atoms with Gasteiger partial charge in [0.25, 0.3) is 0 Å². The second kappa shape index (κ2) is 3.21. The SMILES string of the molecule is NS(=O)(=O)c1c[nH+]ccc1NC1CC1. The Morgan fingerprint density at radius 1 is 1.50 bits per heavy atom. The van der Waals surface area contributed by atoms with Gasteiger partial charge in [0.15, 0.2) is 17.3 Å². The van der Waals surface area contributed by atoms with Crippen molar-refractivity contribution < 1.29 is 13.4 Å². The molecule has 0 saturated heterocycles. The number of rotatable bonds is 3. The molecule has 0 aliphatic heterocycles. The molecule has 0 amide bonds. The van der Waals surface area contributed by atoms with Gasteiger partial charge in [-0.15, -0.1) is 0 Å². The van der Waals surface area contributed by atoms with Crippen LogP contribution < -0.4 is 15.4 Å². The third kappa shape index (κ3) is 2.02. The number of aromatic amines is 1. The molecule has 1 aliphatic carbocycles. The van der Waals surface area contributed by atoms with E-state index in [1.807, 2.05) is 0 Å². The predicted octanol–water partition coefficient (Wildman–Crippen LogP) is -0.278. The van der Waals surface area contributed by atoms with Gasteiger partial charge in [-0.2, -0.15) is 0 Å². The molecule has 2 rings (SSSR count). The molecule has 0 atom stereocenters. The van der Waals surface area contributed by atoms with E-state index in [0.717, 1.165) is 12.8 Å². The van der Waals surface area contributed by atoms with Crippen molar-refractivity contribution in [3.8, 4) is 0 Å².